The van der Waals surface area contributed by atoms with E-state index in [1.165, 1.54) is 35.3 Å². The van der Waals surface area contributed by atoms with E-state index in [9.17, 15) is 13.2 Å². The second-order valence-electron chi connectivity index (χ2n) is 6.71. The maximum Gasteiger partial charge on any atom is 0.280 e. The number of imidazole rings is 1. The fourth-order valence-electron chi connectivity index (χ4n) is 2.80. The summed E-state index contributed by atoms with van der Waals surface area (Å²) in [6, 6.07) is 5.81. The minimum Gasteiger partial charge on any atom is -0.339 e. The topological polar surface area (TPSA) is 111 Å². The second kappa shape index (κ2) is 7.88. The summed E-state index contributed by atoms with van der Waals surface area (Å²) in [7, 11) is -2.16. The molecule has 1 aromatic carbocycles. The number of anilines is 2. The zero-order valence-corrected chi connectivity index (χ0v) is 17.9. The van der Waals surface area contributed by atoms with Crippen LogP contribution in [0.25, 0.3) is 0 Å². The number of amides is 1. The zero-order chi connectivity index (χ0) is 21.3. The van der Waals surface area contributed by atoms with Crippen LogP contribution in [0.2, 0.25) is 5.02 Å². The molecule has 3 rings (SSSR count). The number of hydrogen-bond donors (Lipinski definition) is 2. The Labute approximate surface area is 173 Å². The van der Waals surface area contributed by atoms with Crippen LogP contribution in [0.4, 0.5) is 11.4 Å². The Morgan fingerprint density at radius 3 is 2.52 bits per heavy atom. The molecule has 3 aromatic rings. The van der Waals surface area contributed by atoms with Crippen LogP contribution >= 0.6 is 11.6 Å². The largest absolute Gasteiger partial charge is 0.339 e. The highest BCUT2D eigenvalue weighted by Crippen LogP contribution is 2.27. The van der Waals surface area contributed by atoms with Crippen molar-refractivity contribution in [1.82, 2.24) is 19.3 Å². The van der Waals surface area contributed by atoms with Crippen LogP contribution in [0.3, 0.4) is 0 Å². The number of nitrogens with zero attached hydrogens (tertiary/aromatic N) is 4. The Bertz CT molecular complexity index is 1170. The lowest BCUT2D eigenvalue weighted by Gasteiger charge is -2.16. The SMILES string of the molecule is Cc1cc(C)n(C(C)C(=O)Nc2ccc(NS(=O)(=O)c3cn(C)cn3)cc2Cl)n1. The summed E-state index contributed by atoms with van der Waals surface area (Å²) in [5, 5.41) is 7.15. The first-order chi connectivity index (χ1) is 13.6. The average Bonchev–Trinajstić information content (AvgIpc) is 3.21. The molecule has 154 valence electrons. The van der Waals surface area contributed by atoms with E-state index in [1.54, 1.807) is 18.7 Å². The van der Waals surface area contributed by atoms with Crippen LogP contribution in [0.15, 0.2) is 41.8 Å². The number of sulfonamides is 1. The highest BCUT2D eigenvalue weighted by molar-refractivity contribution is 7.92. The molecule has 0 aliphatic heterocycles. The van der Waals surface area contributed by atoms with Crippen molar-refractivity contribution in [3.05, 3.63) is 53.2 Å². The summed E-state index contributed by atoms with van der Waals surface area (Å²) < 4.78 is 30.3. The first-order valence-corrected chi connectivity index (χ1v) is 10.6. The number of aryl methyl sites for hydroxylation is 3. The van der Waals surface area contributed by atoms with Gasteiger partial charge in [0.25, 0.3) is 10.0 Å². The van der Waals surface area contributed by atoms with Crippen LogP contribution in [-0.4, -0.2) is 33.7 Å². The molecule has 0 radical (unpaired) electrons. The number of halogens is 1. The van der Waals surface area contributed by atoms with E-state index < -0.39 is 16.1 Å². The summed E-state index contributed by atoms with van der Waals surface area (Å²) >= 11 is 6.25. The maximum atomic E-state index is 12.6. The minimum absolute atomic E-state index is 0.104. The molecule has 1 atom stereocenters. The predicted octanol–water partition coefficient (Wildman–Crippen LogP) is 2.89. The average molecular weight is 437 g/mol. The van der Waals surface area contributed by atoms with Crippen molar-refractivity contribution >= 4 is 38.9 Å². The van der Waals surface area contributed by atoms with Crippen molar-refractivity contribution in [3.8, 4) is 0 Å². The van der Waals surface area contributed by atoms with Gasteiger partial charge in [-0.05, 0) is 45.0 Å². The molecule has 0 fully saturated rings. The van der Waals surface area contributed by atoms with E-state index in [2.05, 4.69) is 20.1 Å². The molecule has 0 spiro atoms. The molecule has 0 bridgehead atoms. The lowest BCUT2D eigenvalue weighted by Crippen LogP contribution is -2.25. The summed E-state index contributed by atoms with van der Waals surface area (Å²) in [6.45, 7) is 5.47. The normalized spacial score (nSPS) is 12.6. The Kier molecular flexibility index (Phi) is 5.67. The standard InChI is InChI=1S/C18H21ClN6O3S/c1-11-7-12(2)25(22-11)13(3)18(26)21-16-6-5-14(8-15(16)19)23-29(27,28)17-9-24(4)10-20-17/h5-10,13,23H,1-4H3,(H,21,26). The Hall–Kier alpha value is -2.85. The highest BCUT2D eigenvalue weighted by Gasteiger charge is 2.20. The number of aromatic nitrogens is 4. The third-order valence-electron chi connectivity index (χ3n) is 4.23. The van der Waals surface area contributed by atoms with Gasteiger partial charge in [-0.1, -0.05) is 11.6 Å². The first kappa shape index (κ1) is 20.9. The number of nitrogens with one attached hydrogen (secondary N) is 2. The van der Waals surface area contributed by atoms with E-state index in [0.717, 1.165) is 11.4 Å². The van der Waals surface area contributed by atoms with Gasteiger partial charge in [-0.2, -0.15) is 13.5 Å². The number of hydrogen-bond acceptors (Lipinski definition) is 5. The Balaban J connectivity index is 1.74. The Morgan fingerprint density at radius 2 is 1.97 bits per heavy atom. The van der Waals surface area contributed by atoms with Crippen molar-refractivity contribution in [2.75, 3.05) is 10.0 Å². The van der Waals surface area contributed by atoms with Crippen molar-refractivity contribution in [3.63, 3.8) is 0 Å². The van der Waals surface area contributed by atoms with Gasteiger partial charge < -0.3 is 9.88 Å². The quantitative estimate of drug-likeness (QED) is 0.617. The van der Waals surface area contributed by atoms with Crippen LogP contribution < -0.4 is 10.0 Å². The third-order valence-corrected chi connectivity index (χ3v) is 5.81. The summed E-state index contributed by atoms with van der Waals surface area (Å²) in [4.78, 5) is 16.4. The third kappa shape index (κ3) is 4.60. The molecule has 11 heteroatoms. The van der Waals surface area contributed by atoms with Crippen molar-refractivity contribution in [2.24, 2.45) is 7.05 Å². The molecule has 1 unspecified atom stereocenters. The van der Waals surface area contributed by atoms with Crippen LogP contribution in [-0.2, 0) is 21.9 Å². The summed E-state index contributed by atoms with van der Waals surface area (Å²) in [6.07, 6.45) is 2.78. The van der Waals surface area contributed by atoms with Gasteiger partial charge in [-0.3, -0.25) is 14.2 Å². The fourth-order valence-corrected chi connectivity index (χ4v) is 4.06. The van der Waals surface area contributed by atoms with E-state index in [0.29, 0.717) is 5.69 Å². The lowest BCUT2D eigenvalue weighted by molar-refractivity contribution is -0.119. The monoisotopic (exact) mass is 436 g/mol. The lowest BCUT2D eigenvalue weighted by atomic mass is 10.2. The molecule has 0 saturated heterocycles. The predicted molar refractivity (Wildman–Crippen MR) is 111 cm³/mol. The van der Waals surface area contributed by atoms with E-state index >= 15 is 0 Å². The van der Waals surface area contributed by atoms with Crippen LogP contribution in [0.1, 0.15) is 24.4 Å². The van der Waals surface area contributed by atoms with Gasteiger partial charge in [0, 0.05) is 18.9 Å². The Morgan fingerprint density at radius 1 is 1.24 bits per heavy atom. The van der Waals surface area contributed by atoms with Crippen LogP contribution in [0.5, 0.6) is 0 Å². The van der Waals surface area contributed by atoms with Gasteiger partial charge in [-0.25, -0.2) is 4.98 Å². The first-order valence-electron chi connectivity index (χ1n) is 8.71. The molecule has 0 saturated carbocycles. The van der Waals surface area contributed by atoms with Gasteiger partial charge in [0.2, 0.25) is 5.91 Å². The van der Waals surface area contributed by atoms with Crippen molar-refractivity contribution in [2.45, 2.75) is 31.8 Å². The fraction of sp³-hybridized carbons (Fsp3) is 0.278. The molecule has 2 aromatic heterocycles. The summed E-state index contributed by atoms with van der Waals surface area (Å²) in [5.74, 6) is -0.292. The van der Waals surface area contributed by atoms with Crippen LogP contribution in [0, 0.1) is 13.8 Å². The van der Waals surface area contributed by atoms with E-state index in [1.807, 2.05) is 19.9 Å². The molecular formula is C18H21ClN6O3S. The molecule has 0 aliphatic carbocycles. The number of carbonyl (C=O) groups is 1. The van der Waals surface area contributed by atoms with E-state index in [-0.39, 0.29) is 21.6 Å². The molecule has 1 amide bonds. The number of benzene rings is 1. The minimum atomic E-state index is -3.84. The zero-order valence-electron chi connectivity index (χ0n) is 16.3. The molecule has 9 nitrogen and oxygen atoms in total. The van der Waals surface area contributed by atoms with Gasteiger partial charge in [-0.15, -0.1) is 0 Å². The summed E-state index contributed by atoms with van der Waals surface area (Å²) in [5.41, 5.74) is 2.32. The molecular weight excluding hydrogens is 416 g/mol. The van der Waals surface area contributed by atoms with Gasteiger partial charge in [0.1, 0.15) is 6.04 Å². The number of rotatable bonds is 6. The highest BCUT2D eigenvalue weighted by atomic mass is 35.5. The smallest absolute Gasteiger partial charge is 0.280 e. The molecule has 2 N–H and O–H groups in total. The van der Waals surface area contributed by atoms with E-state index in [4.69, 9.17) is 11.6 Å². The van der Waals surface area contributed by atoms with Gasteiger partial charge in [0.15, 0.2) is 5.03 Å². The maximum absolute atomic E-state index is 12.6. The molecule has 29 heavy (non-hydrogen) atoms. The van der Waals surface area contributed by atoms with Crippen molar-refractivity contribution in [1.29, 1.82) is 0 Å². The van der Waals surface area contributed by atoms with Gasteiger partial charge >= 0.3 is 0 Å². The van der Waals surface area contributed by atoms with Gasteiger partial charge in [0.05, 0.1) is 28.4 Å². The molecule has 2 heterocycles. The van der Waals surface area contributed by atoms with Crippen molar-refractivity contribution < 1.29 is 13.2 Å². The second-order valence-corrected chi connectivity index (χ2v) is 8.75. The molecule has 0 aliphatic rings. The number of carbonyl (C=O) groups excluding carboxylic acids is 1.